The first-order valence-electron chi connectivity index (χ1n) is 6.06. The minimum atomic E-state index is 0.205. The molecule has 0 rings (SSSR count). The zero-order chi connectivity index (χ0) is 11.5. The van der Waals surface area contributed by atoms with E-state index in [-0.39, 0.29) is 6.10 Å². The lowest BCUT2D eigenvalue weighted by Crippen LogP contribution is -2.25. The Morgan fingerprint density at radius 1 is 1.13 bits per heavy atom. The second kappa shape index (κ2) is 10.4. The molecule has 0 aromatic rings. The lowest BCUT2D eigenvalue weighted by molar-refractivity contribution is -0.00188. The second-order valence-corrected chi connectivity index (χ2v) is 4.27. The van der Waals surface area contributed by atoms with Crippen LogP contribution in [0.25, 0.3) is 0 Å². The maximum absolute atomic E-state index is 5.56. The highest BCUT2D eigenvalue weighted by Crippen LogP contribution is 1.96. The van der Waals surface area contributed by atoms with Gasteiger partial charge in [-0.2, -0.15) is 0 Å². The molecule has 0 saturated carbocycles. The van der Waals surface area contributed by atoms with Gasteiger partial charge in [0.05, 0.1) is 19.3 Å². The molecule has 3 heteroatoms. The Hall–Kier alpha value is -0.120. The molecule has 92 valence electrons. The van der Waals surface area contributed by atoms with Crippen molar-refractivity contribution in [2.24, 2.45) is 5.92 Å². The second-order valence-electron chi connectivity index (χ2n) is 4.27. The Morgan fingerprint density at radius 2 is 1.87 bits per heavy atom. The van der Waals surface area contributed by atoms with Gasteiger partial charge in [0, 0.05) is 13.2 Å². The molecule has 0 aliphatic carbocycles. The van der Waals surface area contributed by atoms with Crippen molar-refractivity contribution in [2.75, 3.05) is 32.9 Å². The van der Waals surface area contributed by atoms with Crippen molar-refractivity contribution in [1.82, 2.24) is 5.32 Å². The van der Waals surface area contributed by atoms with Crippen LogP contribution in [-0.4, -0.2) is 39.0 Å². The van der Waals surface area contributed by atoms with Gasteiger partial charge in [-0.15, -0.1) is 0 Å². The maximum Gasteiger partial charge on any atom is 0.0781 e. The Labute approximate surface area is 94.5 Å². The van der Waals surface area contributed by atoms with Crippen molar-refractivity contribution in [3.05, 3.63) is 0 Å². The van der Waals surface area contributed by atoms with E-state index < -0.39 is 0 Å². The average molecular weight is 217 g/mol. The number of hydrogen-bond acceptors (Lipinski definition) is 3. The molecule has 1 N–H and O–H groups in total. The number of ether oxygens (including phenoxy) is 2. The van der Waals surface area contributed by atoms with E-state index in [0.717, 1.165) is 32.2 Å². The van der Waals surface area contributed by atoms with Crippen LogP contribution in [0.5, 0.6) is 0 Å². The molecule has 1 unspecified atom stereocenters. The number of rotatable bonds is 10. The molecule has 0 heterocycles. The molecule has 0 bridgehead atoms. The Kier molecular flexibility index (Phi) is 10.3. The Morgan fingerprint density at radius 3 is 2.47 bits per heavy atom. The topological polar surface area (TPSA) is 30.5 Å². The fourth-order valence-electron chi connectivity index (χ4n) is 1.18. The molecule has 0 aromatic carbocycles. The molecule has 3 nitrogen and oxygen atoms in total. The largest absolute Gasteiger partial charge is 0.379 e. The van der Waals surface area contributed by atoms with Gasteiger partial charge in [-0.3, -0.25) is 0 Å². The first kappa shape index (κ1) is 14.9. The summed E-state index contributed by atoms with van der Waals surface area (Å²) in [5.74, 6) is 0.773. The molecule has 0 saturated heterocycles. The monoisotopic (exact) mass is 217 g/mol. The summed E-state index contributed by atoms with van der Waals surface area (Å²) < 4.78 is 10.8. The smallest absolute Gasteiger partial charge is 0.0781 e. The third-order valence-corrected chi connectivity index (χ3v) is 2.14. The van der Waals surface area contributed by atoms with Gasteiger partial charge in [-0.1, -0.05) is 13.8 Å². The van der Waals surface area contributed by atoms with Crippen molar-refractivity contribution in [3.63, 3.8) is 0 Å². The van der Waals surface area contributed by atoms with Crippen LogP contribution in [-0.2, 0) is 9.47 Å². The summed E-state index contributed by atoms with van der Waals surface area (Å²) in [5.41, 5.74) is 0. The molecule has 0 spiro atoms. The van der Waals surface area contributed by atoms with E-state index >= 15 is 0 Å². The third kappa shape index (κ3) is 11.8. The molecule has 0 aromatic heterocycles. The molecule has 0 amide bonds. The zero-order valence-electron chi connectivity index (χ0n) is 10.7. The standard InChI is InChI=1S/C12H27NO2/c1-5-14-10-12(4)15-9-8-13-7-6-11(2)3/h11-13H,5-10H2,1-4H3. The minimum Gasteiger partial charge on any atom is -0.379 e. The average Bonchev–Trinajstić information content (AvgIpc) is 2.19. The van der Waals surface area contributed by atoms with Gasteiger partial charge < -0.3 is 14.8 Å². The van der Waals surface area contributed by atoms with Gasteiger partial charge in [-0.05, 0) is 32.7 Å². The summed E-state index contributed by atoms with van der Waals surface area (Å²) >= 11 is 0. The summed E-state index contributed by atoms with van der Waals surface area (Å²) in [6.07, 6.45) is 1.44. The molecule has 0 radical (unpaired) electrons. The lowest BCUT2D eigenvalue weighted by atomic mass is 10.1. The van der Waals surface area contributed by atoms with Crippen LogP contribution in [0, 0.1) is 5.92 Å². The molecule has 1 atom stereocenters. The van der Waals surface area contributed by atoms with E-state index in [4.69, 9.17) is 9.47 Å². The lowest BCUT2D eigenvalue weighted by Gasteiger charge is -2.13. The van der Waals surface area contributed by atoms with Gasteiger partial charge in [0.25, 0.3) is 0 Å². The predicted molar refractivity (Wildman–Crippen MR) is 64.2 cm³/mol. The van der Waals surface area contributed by atoms with E-state index in [1.165, 1.54) is 6.42 Å². The summed E-state index contributed by atoms with van der Waals surface area (Å²) in [7, 11) is 0. The minimum absolute atomic E-state index is 0.205. The van der Waals surface area contributed by atoms with Crippen LogP contribution in [0.1, 0.15) is 34.1 Å². The fourth-order valence-corrected chi connectivity index (χ4v) is 1.18. The van der Waals surface area contributed by atoms with Gasteiger partial charge >= 0.3 is 0 Å². The normalized spacial score (nSPS) is 13.4. The van der Waals surface area contributed by atoms with E-state index in [9.17, 15) is 0 Å². The quantitative estimate of drug-likeness (QED) is 0.568. The van der Waals surface area contributed by atoms with E-state index in [2.05, 4.69) is 19.2 Å². The van der Waals surface area contributed by atoms with Crippen molar-refractivity contribution >= 4 is 0 Å². The Bertz CT molecular complexity index is 129. The van der Waals surface area contributed by atoms with E-state index in [1.807, 2.05) is 13.8 Å². The van der Waals surface area contributed by atoms with Crippen LogP contribution in [0.4, 0.5) is 0 Å². The van der Waals surface area contributed by atoms with Gasteiger partial charge in [0.15, 0.2) is 0 Å². The third-order valence-electron chi connectivity index (χ3n) is 2.14. The SMILES string of the molecule is CCOCC(C)OCCNCCC(C)C. The molecule has 15 heavy (non-hydrogen) atoms. The first-order valence-corrected chi connectivity index (χ1v) is 6.06. The number of nitrogens with one attached hydrogen (secondary N) is 1. The van der Waals surface area contributed by atoms with Gasteiger partial charge in [-0.25, -0.2) is 0 Å². The first-order chi connectivity index (χ1) is 7.16. The molecular formula is C12H27NO2. The fraction of sp³-hybridized carbons (Fsp3) is 1.00. The summed E-state index contributed by atoms with van der Waals surface area (Å²) in [6.45, 7) is 12.8. The molecule has 0 aliphatic heterocycles. The van der Waals surface area contributed by atoms with Crippen molar-refractivity contribution in [2.45, 2.75) is 40.2 Å². The zero-order valence-corrected chi connectivity index (χ0v) is 10.7. The summed E-state index contributed by atoms with van der Waals surface area (Å²) in [6, 6.07) is 0. The highest BCUT2D eigenvalue weighted by atomic mass is 16.5. The molecule has 0 fully saturated rings. The van der Waals surface area contributed by atoms with Crippen molar-refractivity contribution in [1.29, 1.82) is 0 Å². The highest BCUT2D eigenvalue weighted by molar-refractivity contribution is 4.52. The maximum atomic E-state index is 5.56. The van der Waals surface area contributed by atoms with Gasteiger partial charge in [0.1, 0.15) is 0 Å². The summed E-state index contributed by atoms with van der Waals surface area (Å²) in [4.78, 5) is 0. The van der Waals surface area contributed by atoms with Crippen LogP contribution in [0.15, 0.2) is 0 Å². The van der Waals surface area contributed by atoms with E-state index in [0.29, 0.717) is 6.61 Å². The Balaban J connectivity index is 3.09. The van der Waals surface area contributed by atoms with Gasteiger partial charge in [0.2, 0.25) is 0 Å². The van der Waals surface area contributed by atoms with Crippen molar-refractivity contribution < 1.29 is 9.47 Å². The van der Waals surface area contributed by atoms with Crippen LogP contribution >= 0.6 is 0 Å². The number of hydrogen-bond donors (Lipinski definition) is 1. The van der Waals surface area contributed by atoms with Crippen molar-refractivity contribution in [3.8, 4) is 0 Å². The van der Waals surface area contributed by atoms with Crippen LogP contribution in [0.2, 0.25) is 0 Å². The van der Waals surface area contributed by atoms with Crippen LogP contribution < -0.4 is 5.32 Å². The summed E-state index contributed by atoms with van der Waals surface area (Å²) in [5, 5.41) is 3.36. The molecular weight excluding hydrogens is 190 g/mol. The predicted octanol–water partition coefficient (Wildman–Crippen LogP) is 2.06. The van der Waals surface area contributed by atoms with Crippen LogP contribution in [0.3, 0.4) is 0 Å². The highest BCUT2D eigenvalue weighted by Gasteiger charge is 2.00. The molecule has 0 aliphatic rings. The van der Waals surface area contributed by atoms with E-state index in [1.54, 1.807) is 0 Å².